The highest BCUT2D eigenvalue weighted by Gasteiger charge is 2.26. The van der Waals surface area contributed by atoms with E-state index in [4.69, 9.17) is 27.6 Å². The predicted molar refractivity (Wildman–Crippen MR) is 136 cm³/mol. The van der Waals surface area contributed by atoms with Gasteiger partial charge in [-0.2, -0.15) is 4.31 Å². The van der Waals surface area contributed by atoms with Crippen molar-refractivity contribution in [2.45, 2.75) is 24.9 Å². The second-order valence-corrected chi connectivity index (χ2v) is 10.6. The van der Waals surface area contributed by atoms with Gasteiger partial charge in [0.2, 0.25) is 10.0 Å². The van der Waals surface area contributed by atoms with E-state index in [0.29, 0.717) is 27.1 Å². The van der Waals surface area contributed by atoms with E-state index in [1.807, 2.05) is 6.92 Å². The molecule has 4 aromatic rings. The number of hydrogen-bond donors (Lipinski definition) is 0. The number of halogens is 3. The minimum absolute atomic E-state index is 0.0377. The first-order chi connectivity index (χ1) is 16.7. The molecule has 0 radical (unpaired) electrons. The summed E-state index contributed by atoms with van der Waals surface area (Å²) in [6, 6.07) is 21.0. The molecule has 5 nitrogen and oxygen atoms in total. The number of nitrogens with zero attached hydrogens (tertiary/aromatic N) is 2. The van der Waals surface area contributed by atoms with Gasteiger partial charge in [-0.25, -0.2) is 17.8 Å². The Morgan fingerprint density at radius 2 is 1.69 bits per heavy atom. The molecule has 4 rings (SSSR count). The fraction of sp³-hybridized carbons (Fsp3) is 0.115. The highest BCUT2D eigenvalue weighted by molar-refractivity contribution is 7.89. The van der Waals surface area contributed by atoms with E-state index >= 15 is 0 Å². The zero-order valence-corrected chi connectivity index (χ0v) is 21.0. The van der Waals surface area contributed by atoms with Crippen LogP contribution in [0.5, 0.6) is 0 Å². The Morgan fingerprint density at radius 1 is 0.943 bits per heavy atom. The van der Waals surface area contributed by atoms with Crippen LogP contribution in [0.1, 0.15) is 22.6 Å². The van der Waals surface area contributed by atoms with Gasteiger partial charge in [0, 0.05) is 6.54 Å². The van der Waals surface area contributed by atoms with Gasteiger partial charge < -0.3 is 4.42 Å². The lowest BCUT2D eigenvalue weighted by atomic mass is 10.2. The fourth-order valence-electron chi connectivity index (χ4n) is 3.34. The Balaban J connectivity index is 1.62. The van der Waals surface area contributed by atoms with Crippen LogP contribution in [0.3, 0.4) is 0 Å². The molecule has 0 N–H and O–H groups in total. The molecule has 180 valence electrons. The maximum atomic E-state index is 13.8. The lowest BCUT2D eigenvalue weighted by molar-refractivity contribution is 0.357. The van der Waals surface area contributed by atoms with Gasteiger partial charge >= 0.3 is 0 Å². The van der Waals surface area contributed by atoms with Crippen molar-refractivity contribution in [1.29, 1.82) is 0 Å². The number of benzene rings is 3. The SMILES string of the molecule is Cc1ccc(S(=O)(=O)N(Cc2ccc(Cl)c(Cl)c2)Cc2ccc(C=Nc3ccccc3F)o2)cc1. The summed E-state index contributed by atoms with van der Waals surface area (Å²) in [5.74, 6) is 0.314. The molecule has 0 bridgehead atoms. The second-order valence-electron chi connectivity index (χ2n) is 7.85. The van der Waals surface area contributed by atoms with Crippen LogP contribution in [-0.2, 0) is 23.1 Å². The Bertz CT molecular complexity index is 1470. The molecular weight excluding hydrogens is 510 g/mol. The fourth-order valence-corrected chi connectivity index (χ4v) is 5.05. The minimum atomic E-state index is -3.87. The minimum Gasteiger partial charge on any atom is -0.459 e. The summed E-state index contributed by atoms with van der Waals surface area (Å²) in [6.45, 7) is 1.90. The quantitative estimate of drug-likeness (QED) is 0.226. The van der Waals surface area contributed by atoms with Crippen LogP contribution in [0.4, 0.5) is 10.1 Å². The Kier molecular flexibility index (Phi) is 7.72. The smallest absolute Gasteiger partial charge is 0.243 e. The average Bonchev–Trinajstić information content (AvgIpc) is 3.28. The number of sulfonamides is 1. The van der Waals surface area contributed by atoms with Crippen molar-refractivity contribution >= 4 is 45.1 Å². The molecule has 0 saturated heterocycles. The van der Waals surface area contributed by atoms with Gasteiger partial charge in [-0.3, -0.25) is 0 Å². The lowest BCUT2D eigenvalue weighted by Gasteiger charge is -2.22. The Hall–Kier alpha value is -2.97. The first-order valence-corrected chi connectivity index (χ1v) is 12.8. The third-order valence-electron chi connectivity index (χ3n) is 5.20. The predicted octanol–water partition coefficient (Wildman–Crippen LogP) is 7.18. The summed E-state index contributed by atoms with van der Waals surface area (Å²) in [5, 5.41) is 0.717. The van der Waals surface area contributed by atoms with Crippen molar-refractivity contribution < 1.29 is 17.2 Å². The summed E-state index contributed by atoms with van der Waals surface area (Å²) >= 11 is 12.2. The molecular formula is C26H21Cl2FN2O3S. The normalized spacial score (nSPS) is 12.0. The molecule has 35 heavy (non-hydrogen) atoms. The molecule has 0 fully saturated rings. The van der Waals surface area contributed by atoms with Crippen LogP contribution in [0.2, 0.25) is 10.0 Å². The van der Waals surface area contributed by atoms with Gasteiger partial charge in [0.15, 0.2) is 0 Å². The van der Waals surface area contributed by atoms with Crippen molar-refractivity contribution in [3.05, 3.63) is 117 Å². The van der Waals surface area contributed by atoms with E-state index in [1.165, 1.54) is 16.6 Å². The molecule has 1 aromatic heterocycles. The summed E-state index contributed by atoms with van der Waals surface area (Å²) in [5.41, 5.74) is 1.79. The largest absolute Gasteiger partial charge is 0.459 e. The van der Waals surface area contributed by atoms with E-state index in [2.05, 4.69) is 4.99 Å². The molecule has 0 aliphatic carbocycles. The number of aryl methyl sites for hydroxylation is 1. The van der Waals surface area contributed by atoms with E-state index in [0.717, 1.165) is 5.56 Å². The van der Waals surface area contributed by atoms with Crippen LogP contribution >= 0.6 is 23.2 Å². The van der Waals surface area contributed by atoms with Crippen LogP contribution in [0, 0.1) is 12.7 Å². The third kappa shape index (κ3) is 6.18. The highest BCUT2D eigenvalue weighted by atomic mass is 35.5. The van der Waals surface area contributed by atoms with E-state index < -0.39 is 15.8 Å². The first kappa shape index (κ1) is 25.1. The van der Waals surface area contributed by atoms with E-state index in [9.17, 15) is 12.8 Å². The summed E-state index contributed by atoms with van der Waals surface area (Å²) in [7, 11) is -3.87. The molecule has 0 saturated carbocycles. The van der Waals surface area contributed by atoms with Gasteiger partial charge in [-0.15, -0.1) is 0 Å². The van der Waals surface area contributed by atoms with Crippen molar-refractivity contribution in [2.24, 2.45) is 4.99 Å². The maximum Gasteiger partial charge on any atom is 0.243 e. The van der Waals surface area contributed by atoms with Crippen LogP contribution in [0.25, 0.3) is 0 Å². The zero-order chi connectivity index (χ0) is 25.0. The molecule has 0 spiro atoms. The van der Waals surface area contributed by atoms with Crippen molar-refractivity contribution in [3.63, 3.8) is 0 Å². The summed E-state index contributed by atoms with van der Waals surface area (Å²) in [4.78, 5) is 4.27. The highest BCUT2D eigenvalue weighted by Crippen LogP contribution is 2.27. The molecule has 0 aliphatic heterocycles. The van der Waals surface area contributed by atoms with Crippen LogP contribution in [0.15, 0.2) is 93.2 Å². The molecule has 1 heterocycles. The van der Waals surface area contributed by atoms with E-state index in [-0.39, 0.29) is 23.7 Å². The third-order valence-corrected chi connectivity index (χ3v) is 7.74. The van der Waals surface area contributed by atoms with Crippen molar-refractivity contribution in [2.75, 3.05) is 0 Å². The Morgan fingerprint density at radius 3 is 2.40 bits per heavy atom. The first-order valence-electron chi connectivity index (χ1n) is 10.6. The number of para-hydroxylation sites is 1. The van der Waals surface area contributed by atoms with Gasteiger partial charge in [0.05, 0.1) is 33.4 Å². The second kappa shape index (κ2) is 10.7. The van der Waals surface area contributed by atoms with Gasteiger partial charge in [-0.05, 0) is 61.0 Å². The van der Waals surface area contributed by atoms with Crippen molar-refractivity contribution in [1.82, 2.24) is 4.31 Å². The lowest BCUT2D eigenvalue weighted by Crippen LogP contribution is -2.30. The summed E-state index contributed by atoms with van der Waals surface area (Å²) in [6.07, 6.45) is 1.39. The number of rotatable bonds is 8. The topological polar surface area (TPSA) is 62.9 Å². The zero-order valence-electron chi connectivity index (χ0n) is 18.7. The van der Waals surface area contributed by atoms with Gasteiger partial charge in [0.1, 0.15) is 17.3 Å². The van der Waals surface area contributed by atoms with Gasteiger partial charge in [0.25, 0.3) is 0 Å². The molecule has 3 aromatic carbocycles. The van der Waals surface area contributed by atoms with Crippen molar-refractivity contribution in [3.8, 4) is 0 Å². The Labute approximate surface area is 213 Å². The number of aliphatic imine (C=N–C) groups is 1. The molecule has 0 amide bonds. The standard InChI is InChI=1S/C26H21Cl2FN2O3S/c1-18-6-11-22(12-7-18)35(32,33)31(16-19-8-13-23(27)24(28)14-19)17-21-10-9-20(34-21)15-30-26-5-3-2-4-25(26)29/h2-15H,16-17H2,1H3. The average molecular weight is 531 g/mol. The van der Waals surface area contributed by atoms with Crippen LogP contribution in [-0.4, -0.2) is 18.9 Å². The van der Waals surface area contributed by atoms with Gasteiger partial charge in [-0.1, -0.05) is 59.1 Å². The van der Waals surface area contributed by atoms with Crippen LogP contribution < -0.4 is 0 Å². The molecule has 0 unspecified atom stereocenters. The number of furan rings is 1. The molecule has 0 aliphatic rings. The van der Waals surface area contributed by atoms with E-state index in [1.54, 1.807) is 72.8 Å². The molecule has 9 heteroatoms. The molecule has 0 atom stereocenters. The maximum absolute atomic E-state index is 13.8. The summed E-state index contributed by atoms with van der Waals surface area (Å²) < 4.78 is 47.9. The monoisotopic (exact) mass is 530 g/mol. The number of hydrogen-bond acceptors (Lipinski definition) is 4.